The normalized spacial score (nSPS) is 10.8. The van der Waals surface area contributed by atoms with Crippen molar-refractivity contribution in [3.05, 3.63) is 39.6 Å². The van der Waals surface area contributed by atoms with Gasteiger partial charge in [-0.25, -0.2) is 0 Å². The molecule has 1 aromatic carbocycles. The van der Waals surface area contributed by atoms with Crippen molar-refractivity contribution in [1.29, 1.82) is 0 Å². The molecular weight excluding hydrogens is 262 g/mol. The summed E-state index contributed by atoms with van der Waals surface area (Å²) in [6.07, 6.45) is 4.65. The highest BCUT2D eigenvalue weighted by Crippen LogP contribution is 2.27. The SMILES string of the molecule is CCCCCCOc1cc(Cl)c2ccc(=O)[nH]c2c1. The number of aromatic nitrogens is 1. The first-order valence-electron chi connectivity index (χ1n) is 6.66. The maximum Gasteiger partial charge on any atom is 0.248 e. The Labute approximate surface area is 117 Å². The first-order valence-corrected chi connectivity index (χ1v) is 7.04. The van der Waals surface area contributed by atoms with Crippen LogP contribution in [0.4, 0.5) is 0 Å². The molecule has 0 aliphatic heterocycles. The number of pyridine rings is 1. The van der Waals surface area contributed by atoms with Gasteiger partial charge in [0.05, 0.1) is 17.1 Å². The quantitative estimate of drug-likeness (QED) is 0.808. The zero-order chi connectivity index (χ0) is 13.7. The number of fused-ring (bicyclic) bond motifs is 1. The van der Waals surface area contributed by atoms with Crippen molar-refractivity contribution in [3.63, 3.8) is 0 Å². The maximum absolute atomic E-state index is 11.3. The van der Waals surface area contributed by atoms with Gasteiger partial charge >= 0.3 is 0 Å². The van der Waals surface area contributed by atoms with Gasteiger partial charge in [0, 0.05) is 17.5 Å². The van der Waals surface area contributed by atoms with Crippen LogP contribution in [0, 0.1) is 0 Å². The van der Waals surface area contributed by atoms with E-state index in [4.69, 9.17) is 16.3 Å². The minimum absolute atomic E-state index is 0.135. The smallest absolute Gasteiger partial charge is 0.248 e. The summed E-state index contributed by atoms with van der Waals surface area (Å²) in [7, 11) is 0. The fourth-order valence-electron chi connectivity index (χ4n) is 2.00. The molecule has 0 fully saturated rings. The van der Waals surface area contributed by atoms with Crippen LogP contribution in [0.25, 0.3) is 10.9 Å². The molecule has 4 heteroatoms. The summed E-state index contributed by atoms with van der Waals surface area (Å²) in [6, 6.07) is 6.81. The number of ether oxygens (including phenoxy) is 1. The van der Waals surface area contributed by atoms with Gasteiger partial charge in [-0.1, -0.05) is 37.8 Å². The Kier molecular flexibility index (Phi) is 4.86. The molecule has 0 radical (unpaired) electrons. The van der Waals surface area contributed by atoms with Crippen molar-refractivity contribution in [3.8, 4) is 5.75 Å². The van der Waals surface area contributed by atoms with E-state index >= 15 is 0 Å². The van der Waals surface area contributed by atoms with Crippen LogP contribution >= 0.6 is 11.6 Å². The number of hydrogen-bond acceptors (Lipinski definition) is 2. The van der Waals surface area contributed by atoms with Gasteiger partial charge in [0.15, 0.2) is 0 Å². The van der Waals surface area contributed by atoms with Crippen LogP contribution in [-0.2, 0) is 0 Å². The lowest BCUT2D eigenvalue weighted by atomic mass is 10.2. The second-order valence-corrected chi connectivity index (χ2v) is 5.01. The van der Waals surface area contributed by atoms with Crippen LogP contribution in [0.3, 0.4) is 0 Å². The summed E-state index contributed by atoms with van der Waals surface area (Å²) < 4.78 is 5.67. The van der Waals surface area contributed by atoms with Crippen molar-refractivity contribution in [1.82, 2.24) is 4.98 Å². The number of unbranched alkanes of at least 4 members (excludes halogenated alkanes) is 3. The van der Waals surface area contributed by atoms with Gasteiger partial charge in [-0.05, 0) is 18.6 Å². The molecule has 0 atom stereocenters. The Balaban J connectivity index is 2.09. The highest BCUT2D eigenvalue weighted by molar-refractivity contribution is 6.35. The predicted molar refractivity (Wildman–Crippen MR) is 79.2 cm³/mol. The van der Waals surface area contributed by atoms with Gasteiger partial charge in [-0.3, -0.25) is 4.79 Å². The van der Waals surface area contributed by atoms with Gasteiger partial charge in [0.1, 0.15) is 5.75 Å². The molecule has 0 saturated carbocycles. The molecule has 102 valence electrons. The first-order chi connectivity index (χ1) is 9.20. The Morgan fingerprint density at radius 2 is 2.05 bits per heavy atom. The first kappa shape index (κ1) is 13.9. The van der Waals surface area contributed by atoms with E-state index < -0.39 is 0 Å². The highest BCUT2D eigenvalue weighted by atomic mass is 35.5. The molecule has 0 saturated heterocycles. The average Bonchev–Trinajstić information content (AvgIpc) is 2.38. The van der Waals surface area contributed by atoms with E-state index in [9.17, 15) is 4.79 Å². The van der Waals surface area contributed by atoms with Gasteiger partial charge in [0.25, 0.3) is 0 Å². The molecule has 2 aromatic rings. The van der Waals surface area contributed by atoms with Crippen molar-refractivity contribution in [2.75, 3.05) is 6.61 Å². The van der Waals surface area contributed by atoms with Crippen LogP contribution in [0.15, 0.2) is 29.1 Å². The molecule has 1 N–H and O–H groups in total. The van der Waals surface area contributed by atoms with Crippen LogP contribution < -0.4 is 10.3 Å². The molecule has 19 heavy (non-hydrogen) atoms. The molecule has 0 aliphatic carbocycles. The molecule has 1 aromatic heterocycles. The molecule has 0 unspecified atom stereocenters. The summed E-state index contributed by atoms with van der Waals surface area (Å²) in [6.45, 7) is 2.86. The second kappa shape index (κ2) is 6.62. The number of aromatic amines is 1. The zero-order valence-corrected chi connectivity index (χ0v) is 11.8. The summed E-state index contributed by atoms with van der Waals surface area (Å²) in [5, 5.41) is 1.43. The monoisotopic (exact) mass is 279 g/mol. The third-order valence-corrected chi connectivity index (χ3v) is 3.34. The third-order valence-electron chi connectivity index (χ3n) is 3.03. The lowest BCUT2D eigenvalue weighted by Crippen LogP contribution is -2.03. The van der Waals surface area contributed by atoms with E-state index in [1.807, 2.05) is 6.07 Å². The summed E-state index contributed by atoms with van der Waals surface area (Å²) in [5.74, 6) is 0.704. The molecule has 0 amide bonds. The fourth-order valence-corrected chi connectivity index (χ4v) is 2.27. The summed E-state index contributed by atoms with van der Waals surface area (Å²) in [4.78, 5) is 14.1. The third kappa shape index (κ3) is 3.74. The molecule has 0 bridgehead atoms. The Bertz CT molecular complexity index is 607. The van der Waals surface area contributed by atoms with Gasteiger partial charge in [-0.2, -0.15) is 0 Å². The maximum atomic E-state index is 11.3. The minimum atomic E-state index is -0.135. The Morgan fingerprint density at radius 3 is 2.84 bits per heavy atom. The lowest BCUT2D eigenvalue weighted by molar-refractivity contribution is 0.305. The summed E-state index contributed by atoms with van der Waals surface area (Å²) >= 11 is 6.18. The Hall–Kier alpha value is -1.48. The molecule has 2 rings (SSSR count). The minimum Gasteiger partial charge on any atom is -0.493 e. The summed E-state index contributed by atoms with van der Waals surface area (Å²) in [5.41, 5.74) is 0.576. The molecule has 1 heterocycles. The average molecular weight is 280 g/mol. The van der Waals surface area contributed by atoms with Crippen molar-refractivity contribution < 1.29 is 4.74 Å². The van der Waals surface area contributed by atoms with E-state index in [-0.39, 0.29) is 5.56 Å². The highest BCUT2D eigenvalue weighted by Gasteiger charge is 2.04. The molecule has 3 nitrogen and oxygen atoms in total. The molecule has 0 aliphatic rings. The van der Waals surface area contributed by atoms with E-state index in [1.165, 1.54) is 25.3 Å². The van der Waals surface area contributed by atoms with Crippen LogP contribution in [-0.4, -0.2) is 11.6 Å². The van der Waals surface area contributed by atoms with Crippen molar-refractivity contribution in [2.24, 2.45) is 0 Å². The van der Waals surface area contributed by atoms with Gasteiger partial charge in [0.2, 0.25) is 5.56 Å². The zero-order valence-electron chi connectivity index (χ0n) is 11.0. The number of rotatable bonds is 6. The van der Waals surface area contributed by atoms with E-state index in [0.29, 0.717) is 22.9 Å². The van der Waals surface area contributed by atoms with Gasteiger partial charge in [-0.15, -0.1) is 0 Å². The van der Waals surface area contributed by atoms with Crippen LogP contribution in [0.1, 0.15) is 32.6 Å². The van der Waals surface area contributed by atoms with Crippen LogP contribution in [0.2, 0.25) is 5.02 Å². The number of benzene rings is 1. The standard InChI is InChI=1S/C15H18ClNO2/c1-2-3-4-5-8-19-11-9-13(16)12-6-7-15(18)17-14(12)10-11/h6-7,9-10H,2-5,8H2,1H3,(H,17,18). The number of halogens is 1. The van der Waals surface area contributed by atoms with Crippen LogP contribution in [0.5, 0.6) is 5.75 Å². The van der Waals surface area contributed by atoms with E-state index in [1.54, 1.807) is 12.1 Å². The fraction of sp³-hybridized carbons (Fsp3) is 0.400. The topological polar surface area (TPSA) is 42.1 Å². The molecular formula is C15H18ClNO2. The van der Waals surface area contributed by atoms with E-state index in [2.05, 4.69) is 11.9 Å². The van der Waals surface area contributed by atoms with E-state index in [0.717, 1.165) is 11.8 Å². The lowest BCUT2D eigenvalue weighted by Gasteiger charge is -2.08. The number of hydrogen-bond donors (Lipinski definition) is 1. The number of H-pyrrole nitrogens is 1. The Morgan fingerprint density at radius 1 is 1.21 bits per heavy atom. The largest absolute Gasteiger partial charge is 0.493 e. The predicted octanol–water partition coefficient (Wildman–Crippen LogP) is 4.14. The second-order valence-electron chi connectivity index (χ2n) is 4.60. The van der Waals surface area contributed by atoms with Crippen molar-refractivity contribution >= 4 is 22.5 Å². The van der Waals surface area contributed by atoms with Crippen molar-refractivity contribution in [2.45, 2.75) is 32.6 Å². The molecule has 0 spiro atoms. The number of nitrogens with one attached hydrogen (secondary N) is 1. The van der Waals surface area contributed by atoms with Gasteiger partial charge < -0.3 is 9.72 Å².